The molecule has 2 saturated heterocycles. The lowest BCUT2D eigenvalue weighted by atomic mass is 9.91. The standard InChI is InChI=1S/C14H26N2O3S.ClH/c1-3-12-5-4-10-16(11-12)13(17)14(20(2,18)19)6-8-15-9-7-14;/h12,15H,3-11H2,1-2H3;1H. The Labute approximate surface area is 134 Å². The van der Waals surface area contributed by atoms with Gasteiger partial charge in [-0.05, 0) is 44.7 Å². The molecule has 0 aromatic rings. The second-order valence-corrected chi connectivity index (χ2v) is 8.51. The molecule has 2 fully saturated rings. The van der Waals surface area contributed by atoms with Crippen molar-refractivity contribution in [1.29, 1.82) is 0 Å². The van der Waals surface area contributed by atoms with E-state index in [9.17, 15) is 13.2 Å². The average Bonchev–Trinajstić information content (AvgIpc) is 2.46. The fourth-order valence-electron chi connectivity index (χ4n) is 3.44. The fraction of sp³-hybridized carbons (Fsp3) is 0.929. The summed E-state index contributed by atoms with van der Waals surface area (Å²) in [5.74, 6) is 0.366. The van der Waals surface area contributed by atoms with Gasteiger partial charge in [0.1, 0.15) is 0 Å². The third-order valence-corrected chi connectivity index (χ3v) is 6.90. The SMILES string of the molecule is CCC1CCCN(C(=O)C2(S(C)(=O)=O)CCNCC2)C1.Cl. The second kappa shape index (κ2) is 7.29. The number of amides is 1. The highest BCUT2D eigenvalue weighted by Gasteiger charge is 2.50. The van der Waals surface area contributed by atoms with E-state index in [2.05, 4.69) is 12.2 Å². The molecule has 1 unspecified atom stereocenters. The van der Waals surface area contributed by atoms with Crippen molar-refractivity contribution in [2.75, 3.05) is 32.4 Å². The van der Waals surface area contributed by atoms with Crippen LogP contribution in [0.3, 0.4) is 0 Å². The minimum absolute atomic E-state index is 0. The number of rotatable bonds is 3. The van der Waals surface area contributed by atoms with Gasteiger partial charge in [-0.1, -0.05) is 13.3 Å². The van der Waals surface area contributed by atoms with E-state index < -0.39 is 14.6 Å². The molecule has 7 heteroatoms. The smallest absolute Gasteiger partial charge is 0.244 e. The molecule has 21 heavy (non-hydrogen) atoms. The number of sulfone groups is 1. The van der Waals surface area contributed by atoms with E-state index in [4.69, 9.17) is 0 Å². The average molecular weight is 339 g/mol. The van der Waals surface area contributed by atoms with E-state index in [1.165, 1.54) is 6.26 Å². The second-order valence-electron chi connectivity index (χ2n) is 6.18. The van der Waals surface area contributed by atoms with Crippen LogP contribution in [0, 0.1) is 5.92 Å². The molecule has 124 valence electrons. The topological polar surface area (TPSA) is 66.5 Å². The zero-order valence-electron chi connectivity index (χ0n) is 12.9. The maximum Gasteiger partial charge on any atom is 0.244 e. The Hall–Kier alpha value is -0.330. The van der Waals surface area contributed by atoms with E-state index >= 15 is 0 Å². The molecule has 0 bridgehead atoms. The number of piperidine rings is 2. The number of carbonyl (C=O) groups is 1. The van der Waals surface area contributed by atoms with Gasteiger partial charge in [-0.3, -0.25) is 4.79 Å². The molecule has 0 spiro atoms. The molecule has 0 radical (unpaired) electrons. The summed E-state index contributed by atoms with van der Waals surface area (Å²) in [4.78, 5) is 14.7. The van der Waals surface area contributed by atoms with Crippen molar-refractivity contribution >= 4 is 28.2 Å². The van der Waals surface area contributed by atoms with Gasteiger partial charge >= 0.3 is 0 Å². The van der Waals surface area contributed by atoms with Crippen LogP contribution >= 0.6 is 12.4 Å². The molecular formula is C14H27ClN2O3S. The molecule has 1 amide bonds. The minimum Gasteiger partial charge on any atom is -0.341 e. The van der Waals surface area contributed by atoms with Gasteiger partial charge in [0.2, 0.25) is 5.91 Å². The van der Waals surface area contributed by atoms with Gasteiger partial charge < -0.3 is 10.2 Å². The van der Waals surface area contributed by atoms with Gasteiger partial charge in [0.05, 0.1) is 0 Å². The molecule has 0 aromatic carbocycles. The Balaban J connectivity index is 0.00000220. The third kappa shape index (κ3) is 3.71. The van der Waals surface area contributed by atoms with Crippen LogP contribution in [0.5, 0.6) is 0 Å². The fourth-order valence-corrected chi connectivity index (χ4v) is 4.84. The Morgan fingerprint density at radius 2 is 1.95 bits per heavy atom. The molecule has 2 heterocycles. The van der Waals surface area contributed by atoms with Crippen molar-refractivity contribution in [2.24, 2.45) is 5.92 Å². The number of carbonyl (C=O) groups excluding carboxylic acids is 1. The Bertz CT molecular complexity index is 461. The predicted octanol–water partition coefficient (Wildman–Crippen LogP) is 1.22. The Kier molecular flexibility index (Phi) is 6.50. The lowest BCUT2D eigenvalue weighted by Gasteiger charge is -2.41. The lowest BCUT2D eigenvalue weighted by Crippen LogP contribution is -2.59. The van der Waals surface area contributed by atoms with Gasteiger partial charge in [0.15, 0.2) is 14.6 Å². The molecule has 1 atom stereocenters. The monoisotopic (exact) mass is 338 g/mol. The lowest BCUT2D eigenvalue weighted by molar-refractivity contribution is -0.136. The summed E-state index contributed by atoms with van der Waals surface area (Å²) in [5, 5.41) is 3.15. The van der Waals surface area contributed by atoms with Crippen LogP contribution in [0.1, 0.15) is 39.0 Å². The van der Waals surface area contributed by atoms with Crippen LogP contribution in [-0.4, -0.2) is 56.4 Å². The minimum atomic E-state index is -3.39. The van der Waals surface area contributed by atoms with E-state index in [1.54, 1.807) is 0 Å². The number of nitrogens with zero attached hydrogens (tertiary/aromatic N) is 1. The number of hydrogen-bond donors (Lipinski definition) is 1. The van der Waals surface area contributed by atoms with E-state index in [0.29, 0.717) is 38.4 Å². The number of likely N-dealkylation sites (tertiary alicyclic amines) is 1. The zero-order chi connectivity index (χ0) is 14.8. The molecule has 0 aromatic heterocycles. The summed E-state index contributed by atoms with van der Waals surface area (Å²) >= 11 is 0. The zero-order valence-corrected chi connectivity index (χ0v) is 14.6. The predicted molar refractivity (Wildman–Crippen MR) is 86.5 cm³/mol. The highest BCUT2D eigenvalue weighted by molar-refractivity contribution is 7.92. The first-order chi connectivity index (χ1) is 9.40. The van der Waals surface area contributed by atoms with Crippen molar-refractivity contribution < 1.29 is 13.2 Å². The maximum atomic E-state index is 12.9. The van der Waals surface area contributed by atoms with Crippen LogP contribution < -0.4 is 5.32 Å². The molecule has 2 aliphatic heterocycles. The van der Waals surface area contributed by atoms with Crippen LogP contribution in [0.2, 0.25) is 0 Å². The van der Waals surface area contributed by atoms with Crippen molar-refractivity contribution in [2.45, 2.75) is 43.8 Å². The summed E-state index contributed by atoms with van der Waals surface area (Å²) in [5.41, 5.74) is 0. The first-order valence-electron chi connectivity index (χ1n) is 7.60. The number of hydrogen-bond acceptors (Lipinski definition) is 4. The highest BCUT2D eigenvalue weighted by atomic mass is 35.5. The van der Waals surface area contributed by atoms with E-state index in [-0.39, 0.29) is 18.3 Å². The summed E-state index contributed by atoms with van der Waals surface area (Å²) in [7, 11) is -3.39. The molecule has 5 nitrogen and oxygen atoms in total. The molecule has 2 aliphatic rings. The number of nitrogens with one attached hydrogen (secondary N) is 1. The summed E-state index contributed by atoms with van der Waals surface area (Å²) in [6.07, 6.45) is 5.21. The van der Waals surface area contributed by atoms with E-state index in [0.717, 1.165) is 25.8 Å². The molecule has 0 aliphatic carbocycles. The molecule has 1 N–H and O–H groups in total. The van der Waals surface area contributed by atoms with Crippen molar-refractivity contribution in [3.05, 3.63) is 0 Å². The van der Waals surface area contributed by atoms with Gasteiger partial charge in [0, 0.05) is 19.3 Å². The van der Waals surface area contributed by atoms with Gasteiger partial charge in [0.25, 0.3) is 0 Å². The van der Waals surface area contributed by atoms with Crippen molar-refractivity contribution in [1.82, 2.24) is 10.2 Å². The normalized spacial score (nSPS) is 26.0. The summed E-state index contributed by atoms with van der Waals surface area (Å²) in [6, 6.07) is 0. The third-order valence-electron chi connectivity index (χ3n) is 4.89. The summed E-state index contributed by atoms with van der Waals surface area (Å²) in [6.45, 7) is 4.77. The first kappa shape index (κ1) is 18.7. The van der Waals surface area contributed by atoms with Gasteiger partial charge in [-0.15, -0.1) is 12.4 Å². The maximum absolute atomic E-state index is 12.9. The Morgan fingerprint density at radius 1 is 1.33 bits per heavy atom. The van der Waals surface area contributed by atoms with Gasteiger partial charge in [-0.2, -0.15) is 0 Å². The van der Waals surface area contributed by atoms with Crippen LogP contribution in [0.15, 0.2) is 0 Å². The van der Waals surface area contributed by atoms with Crippen molar-refractivity contribution in [3.8, 4) is 0 Å². The first-order valence-corrected chi connectivity index (χ1v) is 9.49. The van der Waals surface area contributed by atoms with Crippen LogP contribution in [-0.2, 0) is 14.6 Å². The van der Waals surface area contributed by atoms with Crippen LogP contribution in [0.25, 0.3) is 0 Å². The highest BCUT2D eigenvalue weighted by Crippen LogP contribution is 2.32. The number of halogens is 1. The summed E-state index contributed by atoms with van der Waals surface area (Å²) < 4.78 is 23.3. The molecule has 2 rings (SSSR count). The van der Waals surface area contributed by atoms with E-state index in [1.807, 2.05) is 4.90 Å². The molecular weight excluding hydrogens is 312 g/mol. The largest absolute Gasteiger partial charge is 0.341 e. The quantitative estimate of drug-likeness (QED) is 0.840. The van der Waals surface area contributed by atoms with Crippen LogP contribution in [0.4, 0.5) is 0 Å². The van der Waals surface area contributed by atoms with Gasteiger partial charge in [-0.25, -0.2) is 8.42 Å². The van der Waals surface area contributed by atoms with Crippen molar-refractivity contribution in [3.63, 3.8) is 0 Å². The molecule has 0 saturated carbocycles. The Morgan fingerprint density at radius 3 is 2.48 bits per heavy atom.